The maximum atomic E-state index is 12.5. The number of amides is 1. The predicted octanol–water partition coefficient (Wildman–Crippen LogP) is 4.57. The number of methoxy groups -OCH3 is 1. The monoisotopic (exact) mass is 409 g/mol. The molecule has 1 amide bonds. The van der Waals surface area contributed by atoms with E-state index in [1.807, 2.05) is 24.3 Å². The van der Waals surface area contributed by atoms with Crippen LogP contribution in [-0.2, 0) is 19.1 Å². The number of esters is 2. The molecule has 0 fully saturated rings. The van der Waals surface area contributed by atoms with Crippen molar-refractivity contribution in [1.82, 2.24) is 0 Å². The van der Waals surface area contributed by atoms with Crippen LogP contribution in [0.5, 0.6) is 0 Å². The molecule has 0 aliphatic rings. The van der Waals surface area contributed by atoms with Crippen molar-refractivity contribution < 1.29 is 23.9 Å². The first-order chi connectivity index (χ1) is 14.3. The van der Waals surface area contributed by atoms with Gasteiger partial charge in [0.1, 0.15) is 0 Å². The molecule has 30 heavy (non-hydrogen) atoms. The first-order valence-electron chi connectivity index (χ1n) is 9.82. The van der Waals surface area contributed by atoms with E-state index in [-0.39, 0.29) is 0 Å². The molecular weight excluding hydrogens is 382 g/mol. The molecule has 0 spiro atoms. The normalized spacial score (nSPS) is 12.8. The van der Waals surface area contributed by atoms with Gasteiger partial charge in [0, 0.05) is 11.8 Å². The van der Waals surface area contributed by atoms with E-state index in [0.29, 0.717) is 17.0 Å². The third kappa shape index (κ3) is 6.30. The van der Waals surface area contributed by atoms with Crippen molar-refractivity contribution in [3.8, 4) is 0 Å². The lowest BCUT2D eigenvalue weighted by atomic mass is 9.97. The first kappa shape index (κ1) is 22.9. The van der Waals surface area contributed by atoms with Crippen LogP contribution in [0.2, 0.25) is 0 Å². The Bertz CT molecular complexity index is 917. The highest BCUT2D eigenvalue weighted by Crippen LogP contribution is 2.26. The molecule has 0 unspecified atom stereocenters. The quantitative estimate of drug-likeness (QED) is 0.510. The lowest BCUT2D eigenvalue weighted by Gasteiger charge is -2.17. The second-order valence-electron chi connectivity index (χ2n) is 6.91. The Morgan fingerprint density at radius 2 is 1.70 bits per heavy atom. The van der Waals surface area contributed by atoms with Crippen molar-refractivity contribution in [2.24, 2.45) is 0 Å². The summed E-state index contributed by atoms with van der Waals surface area (Å²) in [4.78, 5) is 36.0. The molecule has 0 radical (unpaired) electrons. The van der Waals surface area contributed by atoms with E-state index >= 15 is 0 Å². The third-order valence-electron chi connectivity index (χ3n) is 4.77. The van der Waals surface area contributed by atoms with Crippen LogP contribution in [0, 0.1) is 0 Å². The fourth-order valence-corrected chi connectivity index (χ4v) is 2.77. The van der Waals surface area contributed by atoms with E-state index in [4.69, 9.17) is 4.74 Å². The fraction of sp³-hybridized carbons (Fsp3) is 0.292. The summed E-state index contributed by atoms with van der Waals surface area (Å²) in [6, 6.07) is 14.2. The maximum absolute atomic E-state index is 12.5. The number of rotatable bonds is 8. The topological polar surface area (TPSA) is 81.7 Å². The van der Waals surface area contributed by atoms with E-state index in [1.54, 1.807) is 30.3 Å². The minimum atomic E-state index is -0.950. The highest BCUT2D eigenvalue weighted by molar-refractivity contribution is 5.97. The summed E-state index contributed by atoms with van der Waals surface area (Å²) in [5.41, 5.74) is 2.89. The summed E-state index contributed by atoms with van der Waals surface area (Å²) in [5, 5.41) is 2.84. The predicted molar refractivity (Wildman–Crippen MR) is 116 cm³/mol. The zero-order valence-electron chi connectivity index (χ0n) is 17.7. The SMILES string of the molecule is CC[C@@H](C)c1ccccc1NC(=O)[C@@H](C)OC(=O)/C=C/c1ccc(C(=O)OC)cc1. The van der Waals surface area contributed by atoms with Crippen molar-refractivity contribution in [3.63, 3.8) is 0 Å². The second-order valence-corrected chi connectivity index (χ2v) is 6.91. The number of carbonyl (C=O) groups is 3. The highest BCUT2D eigenvalue weighted by atomic mass is 16.5. The Kier molecular flexibility index (Phi) is 8.35. The lowest BCUT2D eigenvalue weighted by Crippen LogP contribution is -2.29. The summed E-state index contributed by atoms with van der Waals surface area (Å²) in [6.45, 7) is 5.71. The molecule has 158 valence electrons. The van der Waals surface area contributed by atoms with Gasteiger partial charge in [-0.1, -0.05) is 44.2 Å². The van der Waals surface area contributed by atoms with Crippen molar-refractivity contribution in [1.29, 1.82) is 0 Å². The molecule has 6 nitrogen and oxygen atoms in total. The Morgan fingerprint density at radius 3 is 2.33 bits per heavy atom. The van der Waals surface area contributed by atoms with E-state index < -0.39 is 23.9 Å². The van der Waals surface area contributed by atoms with Crippen LogP contribution < -0.4 is 5.32 Å². The van der Waals surface area contributed by atoms with Gasteiger partial charge in [0.2, 0.25) is 0 Å². The Balaban J connectivity index is 1.95. The molecule has 2 atom stereocenters. The van der Waals surface area contributed by atoms with Crippen LogP contribution in [0.3, 0.4) is 0 Å². The molecule has 2 aromatic carbocycles. The van der Waals surface area contributed by atoms with Crippen molar-refractivity contribution in [2.45, 2.75) is 39.2 Å². The molecule has 0 aromatic heterocycles. The van der Waals surface area contributed by atoms with Crippen LogP contribution in [0.25, 0.3) is 6.08 Å². The van der Waals surface area contributed by atoms with E-state index in [1.165, 1.54) is 20.1 Å². The molecule has 0 saturated carbocycles. The zero-order valence-corrected chi connectivity index (χ0v) is 17.7. The Hall–Kier alpha value is -3.41. The molecule has 2 aromatic rings. The number of ether oxygens (including phenoxy) is 2. The van der Waals surface area contributed by atoms with Gasteiger partial charge in [0.05, 0.1) is 12.7 Å². The van der Waals surface area contributed by atoms with Crippen LogP contribution in [0.4, 0.5) is 5.69 Å². The van der Waals surface area contributed by atoms with Gasteiger partial charge < -0.3 is 14.8 Å². The van der Waals surface area contributed by atoms with Gasteiger partial charge in [-0.05, 0) is 54.7 Å². The van der Waals surface area contributed by atoms with Gasteiger partial charge in [-0.25, -0.2) is 9.59 Å². The van der Waals surface area contributed by atoms with Crippen LogP contribution in [-0.4, -0.2) is 31.1 Å². The number of nitrogens with one attached hydrogen (secondary N) is 1. The van der Waals surface area contributed by atoms with Crippen molar-refractivity contribution in [2.75, 3.05) is 12.4 Å². The number of para-hydroxylation sites is 1. The van der Waals surface area contributed by atoms with Gasteiger partial charge in [-0.3, -0.25) is 4.79 Å². The molecule has 1 N–H and O–H groups in total. The van der Waals surface area contributed by atoms with E-state index in [0.717, 1.165) is 17.7 Å². The third-order valence-corrected chi connectivity index (χ3v) is 4.77. The lowest BCUT2D eigenvalue weighted by molar-refractivity contribution is -0.148. The second kappa shape index (κ2) is 11.0. The van der Waals surface area contributed by atoms with Gasteiger partial charge in [-0.2, -0.15) is 0 Å². The van der Waals surface area contributed by atoms with Crippen molar-refractivity contribution >= 4 is 29.6 Å². The van der Waals surface area contributed by atoms with Gasteiger partial charge >= 0.3 is 11.9 Å². The number of hydrogen-bond acceptors (Lipinski definition) is 5. The molecular formula is C24H27NO5. The average Bonchev–Trinajstić information content (AvgIpc) is 2.77. The Morgan fingerprint density at radius 1 is 1.03 bits per heavy atom. The van der Waals surface area contributed by atoms with Crippen LogP contribution >= 0.6 is 0 Å². The Labute approximate surface area is 176 Å². The standard InChI is InChI=1S/C24H27NO5/c1-5-16(2)20-8-6-7-9-21(20)25-23(27)17(3)30-22(26)15-12-18-10-13-19(14-11-18)24(28)29-4/h6-17H,5H2,1-4H3,(H,25,27)/b15-12+/t16-,17-/m1/s1. The molecule has 0 heterocycles. The highest BCUT2D eigenvalue weighted by Gasteiger charge is 2.18. The number of anilines is 1. The molecule has 2 rings (SSSR count). The largest absolute Gasteiger partial charge is 0.465 e. The zero-order chi connectivity index (χ0) is 22.1. The molecule has 6 heteroatoms. The summed E-state index contributed by atoms with van der Waals surface area (Å²) in [7, 11) is 1.31. The summed E-state index contributed by atoms with van der Waals surface area (Å²) >= 11 is 0. The van der Waals surface area contributed by atoms with Gasteiger partial charge in [-0.15, -0.1) is 0 Å². The van der Waals surface area contributed by atoms with E-state index in [2.05, 4.69) is 23.9 Å². The van der Waals surface area contributed by atoms with Crippen LogP contribution in [0.15, 0.2) is 54.6 Å². The molecule has 0 aliphatic carbocycles. The smallest absolute Gasteiger partial charge is 0.337 e. The number of carbonyl (C=O) groups excluding carboxylic acids is 3. The summed E-state index contributed by atoms with van der Waals surface area (Å²) in [5.74, 6) is -1.16. The van der Waals surface area contributed by atoms with Crippen molar-refractivity contribution in [3.05, 3.63) is 71.3 Å². The first-order valence-corrected chi connectivity index (χ1v) is 9.82. The average molecular weight is 409 g/mol. The number of hydrogen-bond donors (Lipinski definition) is 1. The van der Waals surface area contributed by atoms with Gasteiger partial charge in [0.15, 0.2) is 6.10 Å². The maximum Gasteiger partial charge on any atom is 0.337 e. The molecule has 0 saturated heterocycles. The number of benzene rings is 2. The summed E-state index contributed by atoms with van der Waals surface area (Å²) in [6.07, 6.45) is 2.79. The molecule has 0 bridgehead atoms. The fourth-order valence-electron chi connectivity index (χ4n) is 2.77. The van der Waals surface area contributed by atoms with Gasteiger partial charge in [0.25, 0.3) is 5.91 Å². The summed E-state index contributed by atoms with van der Waals surface area (Å²) < 4.78 is 9.84. The molecule has 0 aliphatic heterocycles. The van der Waals surface area contributed by atoms with Crippen LogP contribution in [0.1, 0.15) is 54.6 Å². The minimum absolute atomic E-state index is 0.299. The van der Waals surface area contributed by atoms with E-state index in [9.17, 15) is 14.4 Å². The minimum Gasteiger partial charge on any atom is -0.465 e.